The molecule has 0 amide bonds. The second-order valence-electron chi connectivity index (χ2n) is 4.97. The van der Waals surface area contributed by atoms with Crippen LogP contribution in [0.2, 0.25) is 0 Å². The molecular weight excluding hydrogens is 256 g/mol. The average Bonchev–Trinajstić information content (AvgIpc) is 3.03. The molecule has 1 aliphatic rings. The molecule has 0 aromatic carbocycles. The standard InChI is InChI=1S/C15H18N2O3/c1-3-19-15(18)13-10(2)20-14-11(13)6-7-12(16-14)17-8-4-5-9-17/h6-7H,3-5,8-9H2,1-2H3. The largest absolute Gasteiger partial charge is 0.462 e. The van der Waals surface area contributed by atoms with E-state index in [2.05, 4.69) is 9.88 Å². The van der Waals surface area contributed by atoms with Crippen LogP contribution in [0.15, 0.2) is 16.5 Å². The highest BCUT2D eigenvalue weighted by Gasteiger charge is 2.21. The normalized spacial score (nSPS) is 15.0. The summed E-state index contributed by atoms with van der Waals surface area (Å²) in [7, 11) is 0. The molecule has 1 aliphatic heterocycles. The monoisotopic (exact) mass is 274 g/mol. The van der Waals surface area contributed by atoms with Crippen molar-refractivity contribution in [1.29, 1.82) is 0 Å². The Balaban J connectivity index is 2.02. The van der Waals surface area contributed by atoms with Gasteiger partial charge in [-0.1, -0.05) is 0 Å². The van der Waals surface area contributed by atoms with Crippen LogP contribution in [0.3, 0.4) is 0 Å². The zero-order valence-corrected chi connectivity index (χ0v) is 11.8. The molecule has 1 fully saturated rings. The lowest BCUT2D eigenvalue weighted by Crippen LogP contribution is -2.18. The fourth-order valence-electron chi connectivity index (χ4n) is 2.66. The molecule has 3 rings (SSSR count). The Labute approximate surface area is 117 Å². The molecule has 0 N–H and O–H groups in total. The first-order valence-electron chi connectivity index (χ1n) is 7.03. The van der Waals surface area contributed by atoms with Crippen LogP contribution in [0.1, 0.15) is 35.9 Å². The van der Waals surface area contributed by atoms with Crippen LogP contribution in [0.5, 0.6) is 0 Å². The smallest absolute Gasteiger partial charge is 0.342 e. The van der Waals surface area contributed by atoms with Crippen molar-refractivity contribution < 1.29 is 13.9 Å². The van der Waals surface area contributed by atoms with Crippen molar-refractivity contribution >= 4 is 22.9 Å². The van der Waals surface area contributed by atoms with Gasteiger partial charge in [-0.2, -0.15) is 4.98 Å². The lowest BCUT2D eigenvalue weighted by molar-refractivity contribution is 0.0526. The minimum atomic E-state index is -0.348. The van der Waals surface area contributed by atoms with Gasteiger partial charge in [0, 0.05) is 13.1 Å². The summed E-state index contributed by atoms with van der Waals surface area (Å²) in [4.78, 5) is 18.7. The summed E-state index contributed by atoms with van der Waals surface area (Å²) < 4.78 is 10.7. The fraction of sp³-hybridized carbons (Fsp3) is 0.467. The van der Waals surface area contributed by atoms with Crippen LogP contribution in [0, 0.1) is 6.92 Å². The van der Waals surface area contributed by atoms with Gasteiger partial charge in [-0.05, 0) is 38.8 Å². The van der Waals surface area contributed by atoms with Crippen molar-refractivity contribution in [1.82, 2.24) is 4.98 Å². The number of carbonyl (C=O) groups excluding carboxylic acids is 1. The van der Waals surface area contributed by atoms with E-state index in [9.17, 15) is 4.79 Å². The van der Waals surface area contributed by atoms with Gasteiger partial charge >= 0.3 is 5.97 Å². The molecule has 0 saturated carbocycles. The van der Waals surface area contributed by atoms with Crippen molar-refractivity contribution in [3.63, 3.8) is 0 Å². The second kappa shape index (κ2) is 5.15. The maximum atomic E-state index is 12.0. The van der Waals surface area contributed by atoms with E-state index in [1.165, 1.54) is 12.8 Å². The first-order chi connectivity index (χ1) is 9.70. The van der Waals surface area contributed by atoms with Crippen molar-refractivity contribution in [3.05, 3.63) is 23.5 Å². The lowest BCUT2D eigenvalue weighted by atomic mass is 10.2. The number of anilines is 1. The molecule has 0 unspecified atom stereocenters. The highest BCUT2D eigenvalue weighted by molar-refractivity contribution is 6.03. The molecule has 20 heavy (non-hydrogen) atoms. The number of aryl methyl sites for hydroxylation is 1. The molecule has 0 atom stereocenters. The zero-order chi connectivity index (χ0) is 14.1. The van der Waals surface area contributed by atoms with Gasteiger partial charge in [-0.25, -0.2) is 4.79 Å². The average molecular weight is 274 g/mol. The number of fused-ring (bicyclic) bond motifs is 1. The van der Waals surface area contributed by atoms with E-state index in [1.807, 2.05) is 12.1 Å². The number of furan rings is 1. The summed E-state index contributed by atoms with van der Waals surface area (Å²) in [5, 5.41) is 0.726. The van der Waals surface area contributed by atoms with Crippen LogP contribution in [-0.2, 0) is 4.74 Å². The van der Waals surface area contributed by atoms with Crippen LogP contribution in [0.4, 0.5) is 5.82 Å². The fourth-order valence-corrected chi connectivity index (χ4v) is 2.66. The topological polar surface area (TPSA) is 55.6 Å². The molecule has 5 heteroatoms. The van der Waals surface area contributed by atoms with E-state index < -0.39 is 0 Å². The minimum absolute atomic E-state index is 0.348. The van der Waals surface area contributed by atoms with Crippen molar-refractivity contribution in [2.45, 2.75) is 26.7 Å². The Morgan fingerprint density at radius 3 is 2.85 bits per heavy atom. The predicted octanol–water partition coefficient (Wildman–Crippen LogP) is 2.91. The van der Waals surface area contributed by atoms with Crippen molar-refractivity contribution in [3.8, 4) is 0 Å². The molecular formula is C15H18N2O3. The molecule has 3 heterocycles. The van der Waals surface area contributed by atoms with E-state index in [0.29, 0.717) is 23.6 Å². The molecule has 0 aliphatic carbocycles. The Morgan fingerprint density at radius 2 is 2.15 bits per heavy atom. The van der Waals surface area contributed by atoms with Gasteiger partial charge in [-0.3, -0.25) is 0 Å². The first-order valence-corrected chi connectivity index (χ1v) is 7.03. The highest BCUT2D eigenvalue weighted by Crippen LogP contribution is 2.28. The van der Waals surface area contributed by atoms with Crippen molar-refractivity contribution in [2.75, 3.05) is 24.6 Å². The van der Waals surface area contributed by atoms with Crippen LogP contribution in [-0.4, -0.2) is 30.6 Å². The van der Waals surface area contributed by atoms with Gasteiger partial charge in [0.05, 0.1) is 12.0 Å². The van der Waals surface area contributed by atoms with Gasteiger partial charge in [0.25, 0.3) is 0 Å². The van der Waals surface area contributed by atoms with Crippen LogP contribution >= 0.6 is 0 Å². The van der Waals surface area contributed by atoms with Gasteiger partial charge in [0.2, 0.25) is 5.71 Å². The van der Waals surface area contributed by atoms with E-state index in [4.69, 9.17) is 9.15 Å². The van der Waals surface area contributed by atoms with Gasteiger partial charge < -0.3 is 14.1 Å². The SMILES string of the molecule is CCOC(=O)c1c(C)oc2nc(N3CCCC3)ccc12. The number of ether oxygens (including phenoxy) is 1. The van der Waals surface area contributed by atoms with E-state index in [-0.39, 0.29) is 5.97 Å². The molecule has 0 radical (unpaired) electrons. The summed E-state index contributed by atoms with van der Waals surface area (Å²) in [5.74, 6) is 1.13. The number of rotatable bonds is 3. The maximum absolute atomic E-state index is 12.0. The van der Waals surface area contributed by atoms with E-state index >= 15 is 0 Å². The second-order valence-corrected chi connectivity index (χ2v) is 4.97. The Morgan fingerprint density at radius 1 is 1.40 bits per heavy atom. The Bertz CT molecular complexity index is 642. The lowest BCUT2D eigenvalue weighted by Gasteiger charge is -2.15. The molecule has 106 valence electrons. The maximum Gasteiger partial charge on any atom is 0.342 e. The number of hydrogen-bond donors (Lipinski definition) is 0. The van der Waals surface area contributed by atoms with E-state index in [1.54, 1.807) is 13.8 Å². The van der Waals surface area contributed by atoms with E-state index in [0.717, 1.165) is 24.3 Å². The van der Waals surface area contributed by atoms with Crippen molar-refractivity contribution in [2.24, 2.45) is 0 Å². The number of hydrogen-bond acceptors (Lipinski definition) is 5. The van der Waals surface area contributed by atoms with Gasteiger partial charge in [0.15, 0.2) is 0 Å². The quantitative estimate of drug-likeness (QED) is 0.805. The number of nitrogens with zero attached hydrogens (tertiary/aromatic N) is 2. The third kappa shape index (κ3) is 2.13. The van der Waals surface area contributed by atoms with Crippen LogP contribution in [0.25, 0.3) is 11.1 Å². The van der Waals surface area contributed by atoms with Crippen LogP contribution < -0.4 is 4.90 Å². The Kier molecular flexibility index (Phi) is 3.34. The molecule has 0 bridgehead atoms. The zero-order valence-electron chi connectivity index (χ0n) is 11.8. The third-order valence-corrected chi connectivity index (χ3v) is 3.63. The summed E-state index contributed by atoms with van der Waals surface area (Å²) in [6.07, 6.45) is 2.40. The first kappa shape index (κ1) is 13.0. The molecule has 0 spiro atoms. The molecule has 1 saturated heterocycles. The summed E-state index contributed by atoms with van der Waals surface area (Å²) >= 11 is 0. The Hall–Kier alpha value is -2.04. The molecule has 2 aromatic heterocycles. The minimum Gasteiger partial charge on any atom is -0.462 e. The summed E-state index contributed by atoms with van der Waals surface area (Å²) in [6, 6.07) is 3.85. The number of carbonyl (C=O) groups is 1. The number of pyridine rings is 1. The summed E-state index contributed by atoms with van der Waals surface area (Å²) in [6.45, 7) is 5.97. The number of esters is 1. The third-order valence-electron chi connectivity index (χ3n) is 3.63. The summed E-state index contributed by atoms with van der Waals surface area (Å²) in [5.41, 5.74) is 0.997. The van der Waals surface area contributed by atoms with Gasteiger partial charge in [-0.15, -0.1) is 0 Å². The molecule has 5 nitrogen and oxygen atoms in total. The molecule has 2 aromatic rings. The number of aromatic nitrogens is 1. The van der Waals surface area contributed by atoms with Gasteiger partial charge in [0.1, 0.15) is 17.1 Å². The predicted molar refractivity (Wildman–Crippen MR) is 76.1 cm³/mol. The highest BCUT2D eigenvalue weighted by atomic mass is 16.5.